The zero-order valence-corrected chi connectivity index (χ0v) is 26.0. The van der Waals surface area contributed by atoms with E-state index in [1.807, 2.05) is 0 Å². The van der Waals surface area contributed by atoms with Crippen LogP contribution in [-0.2, 0) is 30.3 Å². The molecule has 1 atom stereocenters. The Morgan fingerprint density at radius 1 is 1.02 bits per heavy atom. The van der Waals surface area contributed by atoms with E-state index in [-0.39, 0.29) is 51.6 Å². The Balaban J connectivity index is 1.54. The number of ether oxygens (including phenoxy) is 5. The number of nitrogens with one attached hydrogen (secondary N) is 1. The van der Waals surface area contributed by atoms with Gasteiger partial charge in [-0.1, -0.05) is 29.3 Å². The lowest BCUT2D eigenvalue weighted by Gasteiger charge is -2.21. The number of Topliss-reactive ketones (excluding diaryl/α,β-unsaturated/α-hetero) is 1. The number of ketones is 1. The highest BCUT2D eigenvalue weighted by Crippen LogP contribution is 2.38. The van der Waals surface area contributed by atoms with Crippen LogP contribution in [0.3, 0.4) is 0 Å². The van der Waals surface area contributed by atoms with Gasteiger partial charge in [-0.3, -0.25) is 14.6 Å². The van der Waals surface area contributed by atoms with Crippen LogP contribution in [0.5, 0.6) is 17.2 Å². The van der Waals surface area contributed by atoms with Gasteiger partial charge in [0.1, 0.15) is 11.9 Å². The topological polar surface area (TPSA) is 139 Å². The standard InChI is InChI=1S/C31H28Cl2F2N2O9/c1-16(38)29(40)37-20-7-19(8-21(10-20)42-2)30(41)44-15-28(39)45-26(11-22-23(32)12-36-13-24(22)33)18-5-6-25(46-31(34)35)27(9-18)43-14-17-3-4-17/h5-10,12-13,17,26,31H,3-4,11,14-15H2,1-2H3,(H,37,40)/t26-/m0/s1. The summed E-state index contributed by atoms with van der Waals surface area (Å²) in [6.07, 6.45) is 3.45. The molecule has 0 saturated heterocycles. The monoisotopic (exact) mass is 680 g/mol. The first-order valence-electron chi connectivity index (χ1n) is 13.8. The third kappa shape index (κ3) is 9.75. The predicted octanol–water partition coefficient (Wildman–Crippen LogP) is 6.00. The average molecular weight is 681 g/mol. The molecule has 15 heteroatoms. The third-order valence-corrected chi connectivity index (χ3v) is 7.27. The van der Waals surface area contributed by atoms with Gasteiger partial charge in [0, 0.05) is 37.5 Å². The van der Waals surface area contributed by atoms with E-state index in [1.165, 1.54) is 55.9 Å². The van der Waals surface area contributed by atoms with Gasteiger partial charge in [0.15, 0.2) is 18.1 Å². The van der Waals surface area contributed by atoms with Crippen molar-refractivity contribution in [2.24, 2.45) is 5.92 Å². The quantitative estimate of drug-likeness (QED) is 0.150. The first kappa shape index (κ1) is 34.4. The largest absolute Gasteiger partial charge is 0.497 e. The Morgan fingerprint density at radius 2 is 1.74 bits per heavy atom. The second-order valence-electron chi connectivity index (χ2n) is 10.1. The van der Waals surface area contributed by atoms with Crippen LogP contribution in [0.25, 0.3) is 0 Å². The molecule has 1 aromatic heterocycles. The van der Waals surface area contributed by atoms with Crippen molar-refractivity contribution in [2.75, 3.05) is 25.6 Å². The molecule has 1 saturated carbocycles. The van der Waals surface area contributed by atoms with Gasteiger partial charge in [0.25, 0.3) is 5.91 Å². The zero-order chi connectivity index (χ0) is 33.4. The number of methoxy groups -OCH3 is 1. The average Bonchev–Trinajstić information content (AvgIpc) is 3.85. The summed E-state index contributed by atoms with van der Waals surface area (Å²) in [4.78, 5) is 52.9. The van der Waals surface area contributed by atoms with E-state index in [4.69, 9.17) is 42.1 Å². The summed E-state index contributed by atoms with van der Waals surface area (Å²) in [6.45, 7) is -2.57. The summed E-state index contributed by atoms with van der Waals surface area (Å²) in [5, 5.41) is 2.71. The summed E-state index contributed by atoms with van der Waals surface area (Å²) < 4.78 is 52.5. The molecule has 1 amide bonds. The van der Waals surface area contributed by atoms with Crippen LogP contribution in [0.4, 0.5) is 14.5 Å². The number of nitrogens with zero attached hydrogens (tertiary/aromatic N) is 1. The Labute approximate surface area is 272 Å². The number of halogens is 4. The fourth-order valence-electron chi connectivity index (χ4n) is 4.10. The smallest absolute Gasteiger partial charge is 0.387 e. The number of carbonyl (C=O) groups excluding carboxylic acids is 4. The van der Waals surface area contributed by atoms with Gasteiger partial charge in [-0.25, -0.2) is 9.59 Å². The maximum absolute atomic E-state index is 13.1. The lowest BCUT2D eigenvalue weighted by molar-refractivity contribution is -0.153. The van der Waals surface area contributed by atoms with E-state index in [9.17, 15) is 28.0 Å². The van der Waals surface area contributed by atoms with Crippen LogP contribution in [0.2, 0.25) is 10.0 Å². The summed E-state index contributed by atoms with van der Waals surface area (Å²) in [6, 6.07) is 8.03. The molecule has 1 aliphatic carbocycles. The molecule has 244 valence electrons. The summed E-state index contributed by atoms with van der Waals surface area (Å²) in [5.74, 6) is -3.31. The summed E-state index contributed by atoms with van der Waals surface area (Å²) in [7, 11) is 1.33. The van der Waals surface area contributed by atoms with Crippen LogP contribution < -0.4 is 19.5 Å². The van der Waals surface area contributed by atoms with Crippen molar-refractivity contribution in [3.63, 3.8) is 0 Å². The molecule has 1 fully saturated rings. The summed E-state index contributed by atoms with van der Waals surface area (Å²) in [5.41, 5.74) is 0.705. The second-order valence-corrected chi connectivity index (χ2v) is 11.0. The van der Waals surface area contributed by atoms with Crippen molar-refractivity contribution in [1.29, 1.82) is 0 Å². The van der Waals surface area contributed by atoms with E-state index in [1.54, 1.807) is 0 Å². The molecule has 1 heterocycles. The Bertz CT molecular complexity index is 1600. The van der Waals surface area contributed by atoms with Gasteiger partial charge in [-0.05, 0) is 54.2 Å². The highest BCUT2D eigenvalue weighted by molar-refractivity contribution is 6.39. The van der Waals surface area contributed by atoms with Gasteiger partial charge in [-0.15, -0.1) is 0 Å². The Morgan fingerprint density at radius 3 is 2.37 bits per heavy atom. The van der Waals surface area contributed by atoms with Crippen molar-refractivity contribution < 1.29 is 51.6 Å². The number of esters is 2. The van der Waals surface area contributed by atoms with E-state index < -0.39 is 43.0 Å². The van der Waals surface area contributed by atoms with E-state index in [0.29, 0.717) is 17.0 Å². The lowest BCUT2D eigenvalue weighted by Crippen LogP contribution is -2.21. The number of alkyl halides is 2. The third-order valence-electron chi connectivity index (χ3n) is 6.62. The SMILES string of the molecule is COc1cc(NC(=O)C(C)=O)cc(C(=O)OCC(=O)O[C@@H](Cc2c(Cl)cncc2Cl)c2ccc(OC(F)F)c(OCC3CC3)c2)c1. The second kappa shape index (κ2) is 15.7. The fraction of sp³-hybridized carbons (Fsp3) is 0.323. The first-order valence-corrected chi connectivity index (χ1v) is 14.6. The molecular formula is C31H28Cl2F2N2O9. The van der Waals surface area contributed by atoms with Gasteiger partial charge >= 0.3 is 18.6 Å². The Kier molecular flexibility index (Phi) is 11.7. The number of aromatic nitrogens is 1. The molecular weight excluding hydrogens is 653 g/mol. The highest BCUT2D eigenvalue weighted by atomic mass is 35.5. The molecule has 0 unspecified atom stereocenters. The van der Waals surface area contributed by atoms with Gasteiger partial charge < -0.3 is 29.0 Å². The van der Waals surface area contributed by atoms with Crippen LogP contribution >= 0.6 is 23.2 Å². The molecule has 2 aromatic carbocycles. The minimum Gasteiger partial charge on any atom is -0.497 e. The molecule has 3 aromatic rings. The predicted molar refractivity (Wildman–Crippen MR) is 161 cm³/mol. The molecule has 46 heavy (non-hydrogen) atoms. The molecule has 1 aliphatic rings. The van der Waals surface area contributed by atoms with Crippen LogP contribution in [0.15, 0.2) is 48.8 Å². The number of hydrogen-bond acceptors (Lipinski definition) is 10. The number of hydrogen-bond donors (Lipinski definition) is 1. The maximum atomic E-state index is 13.1. The molecule has 0 radical (unpaired) electrons. The van der Waals surface area contributed by atoms with Crippen LogP contribution in [0, 0.1) is 5.92 Å². The van der Waals surface area contributed by atoms with Crippen molar-refractivity contribution >= 4 is 52.5 Å². The van der Waals surface area contributed by atoms with Crippen molar-refractivity contribution in [1.82, 2.24) is 4.98 Å². The minimum absolute atomic E-state index is 0.0230. The summed E-state index contributed by atoms with van der Waals surface area (Å²) >= 11 is 12.6. The van der Waals surface area contributed by atoms with Gasteiger partial charge in [0.2, 0.25) is 5.78 Å². The molecule has 0 spiro atoms. The van der Waals surface area contributed by atoms with Crippen LogP contribution in [-0.4, -0.2) is 55.5 Å². The van der Waals surface area contributed by atoms with E-state index >= 15 is 0 Å². The highest BCUT2D eigenvalue weighted by Gasteiger charge is 2.26. The van der Waals surface area contributed by atoms with Crippen molar-refractivity contribution in [3.8, 4) is 17.2 Å². The van der Waals surface area contributed by atoms with Crippen molar-refractivity contribution in [2.45, 2.75) is 38.9 Å². The molecule has 0 aliphatic heterocycles. The molecule has 1 N–H and O–H groups in total. The molecule has 0 bridgehead atoms. The van der Waals surface area contributed by atoms with Gasteiger partial charge in [0.05, 0.1) is 29.3 Å². The minimum atomic E-state index is -3.10. The maximum Gasteiger partial charge on any atom is 0.387 e. The Hall–Kier alpha value is -4.49. The number of benzene rings is 2. The van der Waals surface area contributed by atoms with E-state index in [2.05, 4.69) is 15.0 Å². The van der Waals surface area contributed by atoms with E-state index in [0.717, 1.165) is 19.8 Å². The van der Waals surface area contributed by atoms with Crippen LogP contribution in [0.1, 0.15) is 47.4 Å². The molecule has 4 rings (SSSR count). The number of amides is 1. The zero-order valence-electron chi connectivity index (χ0n) is 24.5. The number of carbonyl (C=O) groups is 4. The number of rotatable bonds is 15. The van der Waals surface area contributed by atoms with Crippen molar-refractivity contribution in [3.05, 3.63) is 75.5 Å². The van der Waals surface area contributed by atoms with Gasteiger partial charge in [-0.2, -0.15) is 8.78 Å². The number of pyridine rings is 1. The molecule has 11 nitrogen and oxygen atoms in total. The lowest BCUT2D eigenvalue weighted by atomic mass is 10.0. The fourth-order valence-corrected chi connectivity index (χ4v) is 4.61. The normalized spacial score (nSPS) is 13.0. The number of anilines is 1. The first-order chi connectivity index (χ1) is 21.9.